The average Bonchev–Trinajstić information content (AvgIpc) is 3.26. The molecule has 3 aliphatic rings. The molecule has 0 amide bonds. The Labute approximate surface area is 184 Å². The molecule has 2 nitrogen and oxygen atoms in total. The fourth-order valence-corrected chi connectivity index (χ4v) is 6.36. The lowest BCUT2D eigenvalue weighted by molar-refractivity contribution is 0.186. The van der Waals surface area contributed by atoms with Crippen LogP contribution in [0.1, 0.15) is 68.8 Å². The van der Waals surface area contributed by atoms with Crippen molar-refractivity contribution in [3.63, 3.8) is 0 Å². The van der Waals surface area contributed by atoms with Crippen LogP contribution in [0.3, 0.4) is 0 Å². The zero-order chi connectivity index (χ0) is 21.8. The van der Waals surface area contributed by atoms with Crippen LogP contribution in [-0.2, 0) is 0 Å². The van der Waals surface area contributed by atoms with Crippen LogP contribution in [0.25, 0.3) is 0 Å². The van der Waals surface area contributed by atoms with E-state index >= 15 is 0 Å². The Bertz CT molecular complexity index is 972. The standard InChI is InChI=1S/C28H36N2/c1-19-11-8-9-16-25(19)30-22(4)27-24(23-14-6-5-7-15-23)17-18-29(27)28(30)26-20(2)12-10-13-21(26)3/h8-13,16-18,22-24,27-28H,5-7,14-15H2,1-4H3/t22-,24?,27?,28?/m0/s1/i24D. The lowest BCUT2D eigenvalue weighted by atomic mass is 9.76. The van der Waals surface area contributed by atoms with Crippen molar-refractivity contribution < 1.29 is 1.37 Å². The van der Waals surface area contributed by atoms with Crippen molar-refractivity contribution in [2.24, 2.45) is 11.8 Å². The molecule has 1 saturated heterocycles. The number of hydrogen-bond donors (Lipinski definition) is 0. The van der Waals surface area contributed by atoms with Gasteiger partial charge in [-0.05, 0) is 75.4 Å². The van der Waals surface area contributed by atoms with Gasteiger partial charge in [0.2, 0.25) is 0 Å². The van der Waals surface area contributed by atoms with Gasteiger partial charge in [0.15, 0.2) is 0 Å². The summed E-state index contributed by atoms with van der Waals surface area (Å²) in [6.45, 7) is 9.06. The topological polar surface area (TPSA) is 6.48 Å². The van der Waals surface area contributed by atoms with Crippen molar-refractivity contribution in [2.75, 3.05) is 4.90 Å². The fraction of sp³-hybridized carbons (Fsp3) is 0.500. The molecule has 0 spiro atoms. The Morgan fingerprint density at radius 1 is 0.867 bits per heavy atom. The summed E-state index contributed by atoms with van der Waals surface area (Å²) in [6, 6.07) is 15.9. The lowest BCUT2D eigenvalue weighted by Crippen LogP contribution is -2.40. The predicted octanol–water partition coefficient (Wildman–Crippen LogP) is 6.91. The molecule has 0 N–H and O–H groups in total. The van der Waals surface area contributed by atoms with Gasteiger partial charge in [0.05, 0.1) is 6.04 Å². The summed E-state index contributed by atoms with van der Waals surface area (Å²) in [4.78, 5) is 5.15. The third-order valence-electron chi connectivity index (χ3n) is 7.81. The van der Waals surface area contributed by atoms with Crippen LogP contribution >= 0.6 is 0 Å². The van der Waals surface area contributed by atoms with Crippen molar-refractivity contribution >= 4 is 5.69 Å². The van der Waals surface area contributed by atoms with Crippen molar-refractivity contribution in [1.82, 2.24) is 4.90 Å². The van der Waals surface area contributed by atoms with E-state index in [0.29, 0.717) is 5.92 Å². The van der Waals surface area contributed by atoms with E-state index in [1.807, 2.05) is 0 Å². The van der Waals surface area contributed by atoms with Crippen LogP contribution in [0.5, 0.6) is 0 Å². The predicted molar refractivity (Wildman–Crippen MR) is 127 cm³/mol. The minimum Gasteiger partial charge on any atom is -0.348 e. The molecule has 2 heteroatoms. The summed E-state index contributed by atoms with van der Waals surface area (Å²) < 4.78 is 9.74. The maximum absolute atomic E-state index is 9.74. The Hall–Kier alpha value is -2.22. The summed E-state index contributed by atoms with van der Waals surface area (Å²) >= 11 is 0. The van der Waals surface area contributed by atoms with Crippen LogP contribution in [0, 0.1) is 32.6 Å². The summed E-state index contributed by atoms with van der Waals surface area (Å²) in [5.41, 5.74) is 6.69. The van der Waals surface area contributed by atoms with Crippen molar-refractivity contribution in [1.29, 1.82) is 0 Å². The average molecular weight is 402 g/mol. The molecule has 2 heterocycles. The van der Waals surface area contributed by atoms with Gasteiger partial charge in [0.1, 0.15) is 6.17 Å². The molecule has 0 aromatic heterocycles. The third-order valence-corrected chi connectivity index (χ3v) is 7.81. The number of para-hydroxylation sites is 1. The molecule has 0 bridgehead atoms. The van der Waals surface area contributed by atoms with E-state index in [2.05, 4.69) is 92.2 Å². The van der Waals surface area contributed by atoms with Crippen LogP contribution in [0.2, 0.25) is 0 Å². The summed E-state index contributed by atoms with van der Waals surface area (Å²) in [5, 5.41) is 0. The van der Waals surface area contributed by atoms with Crippen molar-refractivity contribution in [2.45, 2.75) is 78.0 Å². The highest BCUT2D eigenvalue weighted by Crippen LogP contribution is 2.51. The number of benzene rings is 2. The number of fused-ring (bicyclic) bond motifs is 1. The van der Waals surface area contributed by atoms with Crippen molar-refractivity contribution in [3.05, 3.63) is 77.0 Å². The molecule has 3 unspecified atom stereocenters. The number of rotatable bonds is 3. The number of anilines is 1. The van der Waals surface area contributed by atoms with Gasteiger partial charge in [-0.25, -0.2) is 0 Å². The second-order valence-corrected chi connectivity index (χ2v) is 9.66. The van der Waals surface area contributed by atoms with Gasteiger partial charge < -0.3 is 9.80 Å². The van der Waals surface area contributed by atoms with Gasteiger partial charge in [0, 0.05) is 24.6 Å². The van der Waals surface area contributed by atoms with Crippen LogP contribution < -0.4 is 4.90 Å². The quantitative estimate of drug-likeness (QED) is 0.551. The molecule has 4 atom stereocenters. The zero-order valence-electron chi connectivity index (χ0n) is 19.9. The third kappa shape index (κ3) is 3.07. The van der Waals surface area contributed by atoms with Gasteiger partial charge in [-0.15, -0.1) is 0 Å². The highest BCUT2D eigenvalue weighted by Gasteiger charge is 2.51. The molecule has 2 aromatic rings. The van der Waals surface area contributed by atoms with Crippen LogP contribution in [-0.4, -0.2) is 17.0 Å². The summed E-state index contributed by atoms with van der Waals surface area (Å²) in [5.74, 6) is -0.0445. The second kappa shape index (κ2) is 7.80. The van der Waals surface area contributed by atoms with Gasteiger partial charge in [-0.1, -0.05) is 61.7 Å². The van der Waals surface area contributed by atoms with E-state index in [0.717, 1.165) is 0 Å². The molecule has 2 aliphatic heterocycles. The van der Waals surface area contributed by atoms with E-state index < -0.39 is 5.89 Å². The molecule has 2 aromatic carbocycles. The molecular weight excluding hydrogens is 364 g/mol. The first-order valence-electron chi connectivity index (χ1n) is 12.3. The van der Waals surface area contributed by atoms with E-state index in [1.54, 1.807) is 0 Å². The molecule has 1 saturated carbocycles. The summed E-state index contributed by atoms with van der Waals surface area (Å²) in [6.07, 6.45) is 10.9. The van der Waals surface area contributed by atoms with Gasteiger partial charge in [-0.2, -0.15) is 0 Å². The van der Waals surface area contributed by atoms with E-state index in [-0.39, 0.29) is 18.2 Å². The number of aryl methyl sites for hydroxylation is 3. The molecular formula is C28H36N2. The van der Waals surface area contributed by atoms with E-state index in [4.69, 9.17) is 0 Å². The number of nitrogens with zero attached hydrogens (tertiary/aromatic N) is 2. The second-order valence-electron chi connectivity index (χ2n) is 9.66. The summed E-state index contributed by atoms with van der Waals surface area (Å²) in [7, 11) is 0. The fourth-order valence-electron chi connectivity index (χ4n) is 6.36. The van der Waals surface area contributed by atoms with Gasteiger partial charge in [-0.3, -0.25) is 0 Å². The van der Waals surface area contributed by atoms with E-state index in [9.17, 15) is 1.37 Å². The molecule has 5 rings (SSSR count). The first-order valence-corrected chi connectivity index (χ1v) is 11.8. The van der Waals surface area contributed by atoms with Gasteiger partial charge >= 0.3 is 0 Å². The smallest absolute Gasteiger partial charge is 0.129 e. The molecule has 30 heavy (non-hydrogen) atoms. The molecule has 2 fully saturated rings. The molecule has 1 aliphatic carbocycles. The van der Waals surface area contributed by atoms with Gasteiger partial charge in [0.25, 0.3) is 0 Å². The zero-order valence-corrected chi connectivity index (χ0v) is 18.9. The van der Waals surface area contributed by atoms with Crippen LogP contribution in [0.15, 0.2) is 54.7 Å². The Balaban J connectivity index is 1.65. The molecule has 0 radical (unpaired) electrons. The molecule has 158 valence electrons. The maximum Gasteiger partial charge on any atom is 0.129 e. The highest BCUT2D eigenvalue weighted by atomic mass is 15.5. The van der Waals surface area contributed by atoms with Crippen LogP contribution in [0.4, 0.5) is 5.69 Å². The lowest BCUT2D eigenvalue weighted by Gasteiger charge is -2.35. The Morgan fingerprint density at radius 2 is 1.53 bits per heavy atom. The maximum atomic E-state index is 9.74. The SMILES string of the molecule is [2H]C1(C2CCCCC2)C=CN2C(c3c(C)cccc3C)N(c3ccccc3C)[C@@H](C)C21. The minimum atomic E-state index is -0.508. The minimum absolute atomic E-state index is 0.134. The largest absolute Gasteiger partial charge is 0.348 e. The first kappa shape index (κ1) is 18.5. The van der Waals surface area contributed by atoms with E-state index in [1.165, 1.54) is 60.0 Å². The first-order chi connectivity index (χ1) is 14.9. The normalized spacial score (nSPS) is 31.9. The highest BCUT2D eigenvalue weighted by molar-refractivity contribution is 5.59. The number of hydrogen-bond acceptors (Lipinski definition) is 2. The Kier molecular flexibility index (Phi) is 4.82. The monoisotopic (exact) mass is 401 g/mol. The Morgan fingerprint density at radius 3 is 2.23 bits per heavy atom. The van der Waals surface area contributed by atoms with Crippen molar-refractivity contribution in [3.8, 4) is 0 Å².